The lowest BCUT2D eigenvalue weighted by Crippen LogP contribution is -2.34. The number of nitrogens with zero attached hydrogens (tertiary/aromatic N) is 1. The molecule has 4 rings (SSSR count). The van der Waals surface area contributed by atoms with Crippen LogP contribution in [0, 0.1) is 6.92 Å². The quantitative estimate of drug-likeness (QED) is 0.381. The van der Waals surface area contributed by atoms with E-state index < -0.39 is 16.0 Å². The average Bonchev–Trinajstić information content (AvgIpc) is 3.21. The lowest BCUT2D eigenvalue weighted by molar-refractivity contribution is 0.0665. The van der Waals surface area contributed by atoms with Crippen molar-refractivity contribution in [1.82, 2.24) is 0 Å². The molecule has 7 nitrogen and oxygen atoms in total. The van der Waals surface area contributed by atoms with E-state index in [1.807, 2.05) is 55.5 Å². The van der Waals surface area contributed by atoms with Crippen LogP contribution in [0.5, 0.6) is 0 Å². The maximum Gasteiger partial charge on any atom is 0.371 e. The molecular formula is C25H24N2O5S. The Morgan fingerprint density at radius 3 is 2.27 bits per heavy atom. The summed E-state index contributed by atoms with van der Waals surface area (Å²) in [7, 11) is -3.47. The maximum absolute atomic E-state index is 12.4. The molecule has 0 aliphatic carbocycles. The lowest BCUT2D eigenvalue weighted by atomic mass is 10.0. The topological polar surface area (TPSA) is 99.8 Å². The van der Waals surface area contributed by atoms with E-state index in [-0.39, 0.29) is 12.3 Å². The number of carboxylic acids is 1. The third-order valence-corrected chi connectivity index (χ3v) is 6.51. The summed E-state index contributed by atoms with van der Waals surface area (Å²) >= 11 is 0. The van der Waals surface area contributed by atoms with E-state index >= 15 is 0 Å². The molecule has 3 aromatic carbocycles. The maximum atomic E-state index is 12.4. The molecule has 170 valence electrons. The Labute approximate surface area is 192 Å². The van der Waals surface area contributed by atoms with Gasteiger partial charge in [-0.1, -0.05) is 35.9 Å². The molecule has 2 N–H and O–H groups in total. The van der Waals surface area contributed by atoms with E-state index in [1.54, 1.807) is 18.2 Å². The minimum absolute atomic E-state index is 0.111. The molecule has 8 heteroatoms. The molecule has 0 aliphatic rings. The van der Waals surface area contributed by atoms with Crippen molar-refractivity contribution in [2.24, 2.45) is 0 Å². The monoisotopic (exact) mass is 464 g/mol. The van der Waals surface area contributed by atoms with E-state index in [9.17, 15) is 13.2 Å². The fourth-order valence-corrected chi connectivity index (χ4v) is 4.54. The molecule has 1 aromatic heterocycles. The summed E-state index contributed by atoms with van der Waals surface area (Å²) in [4.78, 5) is 11.1. The molecule has 0 aliphatic heterocycles. The van der Waals surface area contributed by atoms with Crippen LogP contribution in [0.3, 0.4) is 0 Å². The normalized spacial score (nSPS) is 11.5. The van der Waals surface area contributed by atoms with E-state index in [0.29, 0.717) is 23.2 Å². The van der Waals surface area contributed by atoms with Crippen LogP contribution in [0.25, 0.3) is 22.1 Å². The van der Waals surface area contributed by atoms with Crippen LogP contribution in [0.1, 0.15) is 16.1 Å². The molecule has 33 heavy (non-hydrogen) atoms. The molecule has 0 saturated carbocycles. The van der Waals surface area contributed by atoms with Gasteiger partial charge in [-0.15, -0.1) is 0 Å². The number of furan rings is 1. The molecule has 0 radical (unpaired) electrons. The molecule has 4 aromatic rings. The second-order valence-corrected chi connectivity index (χ2v) is 9.75. The number of carboxylic acid groups (broad SMARTS) is 1. The van der Waals surface area contributed by atoms with E-state index in [0.717, 1.165) is 22.4 Å². The van der Waals surface area contributed by atoms with E-state index in [2.05, 4.69) is 5.32 Å². The Morgan fingerprint density at radius 1 is 0.970 bits per heavy atom. The predicted molar refractivity (Wildman–Crippen MR) is 130 cm³/mol. The second-order valence-electron chi connectivity index (χ2n) is 7.84. The zero-order valence-electron chi connectivity index (χ0n) is 18.3. The van der Waals surface area contributed by atoms with Crippen LogP contribution in [-0.4, -0.2) is 38.8 Å². The Bertz CT molecular complexity index is 1390. The first kappa shape index (κ1) is 22.4. The zero-order chi connectivity index (χ0) is 23.6. The number of hydrogen-bond donors (Lipinski definition) is 2. The van der Waals surface area contributed by atoms with Crippen molar-refractivity contribution < 1.29 is 22.7 Å². The smallest absolute Gasteiger partial charge is 0.371 e. The summed E-state index contributed by atoms with van der Waals surface area (Å²) < 4.78 is 31.5. The van der Waals surface area contributed by atoms with Gasteiger partial charge in [-0.3, -0.25) is 4.31 Å². The van der Waals surface area contributed by atoms with Crippen LogP contribution in [-0.2, 0) is 10.0 Å². The third kappa shape index (κ3) is 5.18. The number of rotatable bonds is 8. The van der Waals surface area contributed by atoms with Gasteiger partial charge >= 0.3 is 5.97 Å². The molecule has 0 saturated heterocycles. The van der Waals surface area contributed by atoms with Crippen molar-refractivity contribution in [3.8, 4) is 11.1 Å². The standard InChI is InChI=1S/C25H24N2O5S/c1-17-3-8-21(9-4-17)26-13-14-27(33(2,30)31)22-10-5-18(6-11-22)19-7-12-23-20(15-19)16-24(32-23)25(28)29/h3-12,15-16,26H,13-14H2,1-2H3,(H,28,29). The van der Waals surface area contributed by atoms with Crippen molar-refractivity contribution in [1.29, 1.82) is 0 Å². The Hall–Kier alpha value is -3.78. The van der Waals surface area contributed by atoms with Gasteiger partial charge in [-0.05, 0) is 60.5 Å². The largest absolute Gasteiger partial charge is 0.475 e. The number of sulfonamides is 1. The van der Waals surface area contributed by atoms with Gasteiger partial charge in [-0.25, -0.2) is 13.2 Å². The SMILES string of the molecule is Cc1ccc(NCCN(c2ccc(-c3ccc4oc(C(=O)O)cc4c3)cc2)S(C)(=O)=O)cc1. The number of hydrogen-bond acceptors (Lipinski definition) is 5. The third-order valence-electron chi connectivity index (χ3n) is 5.31. The van der Waals surface area contributed by atoms with Crippen molar-refractivity contribution in [2.45, 2.75) is 6.92 Å². The highest BCUT2D eigenvalue weighted by molar-refractivity contribution is 7.92. The zero-order valence-corrected chi connectivity index (χ0v) is 19.1. The minimum Gasteiger partial charge on any atom is -0.475 e. The van der Waals surface area contributed by atoms with Gasteiger partial charge in [0, 0.05) is 17.6 Å². The minimum atomic E-state index is -3.47. The number of anilines is 2. The summed E-state index contributed by atoms with van der Waals surface area (Å²) in [5.74, 6) is -1.23. The van der Waals surface area contributed by atoms with Crippen molar-refractivity contribution >= 4 is 38.3 Å². The summed E-state index contributed by atoms with van der Waals surface area (Å²) in [5, 5.41) is 13.0. The van der Waals surface area contributed by atoms with Crippen LogP contribution >= 0.6 is 0 Å². The number of fused-ring (bicyclic) bond motifs is 1. The molecule has 0 unspecified atom stereocenters. The molecule has 0 fully saturated rings. The van der Waals surface area contributed by atoms with Crippen molar-refractivity contribution in [2.75, 3.05) is 29.0 Å². The predicted octanol–water partition coefficient (Wildman–Crippen LogP) is 4.98. The van der Waals surface area contributed by atoms with Gasteiger partial charge in [0.15, 0.2) is 0 Å². The van der Waals surface area contributed by atoms with Crippen molar-refractivity contribution in [3.63, 3.8) is 0 Å². The van der Waals surface area contributed by atoms with Gasteiger partial charge < -0.3 is 14.8 Å². The highest BCUT2D eigenvalue weighted by atomic mass is 32.2. The van der Waals surface area contributed by atoms with Gasteiger partial charge in [0.25, 0.3) is 0 Å². The van der Waals surface area contributed by atoms with Crippen LogP contribution in [0.4, 0.5) is 11.4 Å². The summed E-state index contributed by atoms with van der Waals surface area (Å²) in [5.41, 5.74) is 4.92. The van der Waals surface area contributed by atoms with E-state index in [4.69, 9.17) is 9.52 Å². The fraction of sp³-hybridized carbons (Fsp3) is 0.160. The highest BCUT2D eigenvalue weighted by Crippen LogP contribution is 2.29. The Morgan fingerprint density at radius 2 is 1.64 bits per heavy atom. The summed E-state index contributed by atoms with van der Waals surface area (Å²) in [6.45, 7) is 2.76. The van der Waals surface area contributed by atoms with Crippen LogP contribution < -0.4 is 9.62 Å². The van der Waals surface area contributed by atoms with Gasteiger partial charge in [0.05, 0.1) is 18.5 Å². The summed E-state index contributed by atoms with van der Waals surface area (Å²) in [6, 6.07) is 22.1. The summed E-state index contributed by atoms with van der Waals surface area (Å²) in [6.07, 6.45) is 1.19. The first-order valence-electron chi connectivity index (χ1n) is 10.4. The van der Waals surface area contributed by atoms with Crippen LogP contribution in [0.2, 0.25) is 0 Å². The molecular weight excluding hydrogens is 440 g/mol. The van der Waals surface area contributed by atoms with Gasteiger partial charge in [0.1, 0.15) is 5.58 Å². The first-order chi connectivity index (χ1) is 15.7. The number of aromatic carboxylic acids is 1. The number of nitrogens with one attached hydrogen (secondary N) is 1. The fourth-order valence-electron chi connectivity index (χ4n) is 3.61. The molecule has 0 amide bonds. The van der Waals surface area contributed by atoms with E-state index in [1.165, 1.54) is 16.6 Å². The molecule has 0 atom stereocenters. The second kappa shape index (κ2) is 8.99. The van der Waals surface area contributed by atoms with Gasteiger partial charge in [0.2, 0.25) is 15.8 Å². The van der Waals surface area contributed by atoms with Crippen LogP contribution in [0.15, 0.2) is 77.2 Å². The number of aryl methyl sites for hydroxylation is 1. The first-order valence-corrected chi connectivity index (χ1v) is 12.2. The molecule has 0 bridgehead atoms. The highest BCUT2D eigenvalue weighted by Gasteiger charge is 2.17. The van der Waals surface area contributed by atoms with Gasteiger partial charge in [-0.2, -0.15) is 0 Å². The lowest BCUT2D eigenvalue weighted by Gasteiger charge is -2.23. The Kier molecular flexibility index (Phi) is 6.11. The average molecular weight is 465 g/mol. The Balaban J connectivity index is 1.52. The molecule has 0 spiro atoms. The number of benzene rings is 3. The van der Waals surface area contributed by atoms with Crippen molar-refractivity contribution in [3.05, 3.63) is 84.1 Å². The molecule has 1 heterocycles. The number of carbonyl (C=O) groups is 1.